The molecule has 3 atom stereocenters. The number of fused-ring (bicyclic) bond motifs is 3. The lowest BCUT2D eigenvalue weighted by molar-refractivity contribution is -0.147. The number of hydrogen-bond donors (Lipinski definition) is 5. The Morgan fingerprint density at radius 2 is 1.72 bits per heavy atom. The highest BCUT2D eigenvalue weighted by Crippen LogP contribution is 2.53. The van der Waals surface area contributed by atoms with E-state index >= 15 is 0 Å². The first kappa shape index (κ1) is 20.8. The average molecular weight is 439 g/mol. The molecule has 6 N–H and O–H groups in total. The summed E-state index contributed by atoms with van der Waals surface area (Å²) in [5.41, 5.74) is 3.83. The van der Waals surface area contributed by atoms with Gasteiger partial charge in [-0.25, -0.2) is 0 Å². The van der Waals surface area contributed by atoms with E-state index in [4.69, 9.17) is 5.73 Å². The van der Waals surface area contributed by atoms with Crippen molar-refractivity contribution in [1.82, 2.24) is 0 Å². The van der Waals surface area contributed by atoms with Crippen LogP contribution in [0.5, 0.6) is 5.75 Å². The number of carbonyl (C=O) groups is 3. The highest BCUT2D eigenvalue weighted by Gasteiger charge is 2.60. The van der Waals surface area contributed by atoms with Crippen molar-refractivity contribution >= 4 is 23.2 Å². The van der Waals surface area contributed by atoms with Crippen LogP contribution in [-0.2, 0) is 20.8 Å². The predicted octanol–water partition coefficient (Wildman–Crippen LogP) is 2.08. The van der Waals surface area contributed by atoms with Crippen molar-refractivity contribution in [2.24, 2.45) is 17.6 Å². The zero-order valence-corrected chi connectivity index (χ0v) is 17.4. The predicted molar refractivity (Wildman–Crippen MR) is 113 cm³/mol. The van der Waals surface area contributed by atoms with Crippen molar-refractivity contribution in [3.05, 3.63) is 45.7 Å². The number of aromatic hydroxyl groups is 1. The fourth-order valence-corrected chi connectivity index (χ4v) is 6.26. The number of nitrogens with two attached hydrogens (primary N) is 1. The number of rotatable bonds is 2. The number of Topliss-reactive ketones (excluding diaryl/α,β-unsaturated/α-hetero) is 2. The fraction of sp³-hybridized carbons (Fsp3) is 0.458. The minimum Gasteiger partial charge on any atom is -0.508 e. The number of aliphatic hydroxyl groups is 3. The summed E-state index contributed by atoms with van der Waals surface area (Å²) in [5, 5.41) is 43.5. The minimum absolute atomic E-state index is 0.0974. The highest BCUT2D eigenvalue weighted by atomic mass is 16.3. The van der Waals surface area contributed by atoms with Crippen LogP contribution >= 0.6 is 0 Å². The SMILES string of the molecule is NC(=O)C1=C(O)C2(O)C(=O)C3=C(O)c4c(O)ccc(C5CCCC5)c4CC3CC2CC1=O. The molecule has 0 heterocycles. The monoisotopic (exact) mass is 439 g/mol. The van der Waals surface area contributed by atoms with E-state index in [1.165, 1.54) is 6.07 Å². The first-order valence-corrected chi connectivity index (χ1v) is 11.0. The Kier molecular flexibility index (Phi) is 4.50. The first-order chi connectivity index (χ1) is 15.2. The molecule has 2 saturated carbocycles. The molecule has 1 aromatic carbocycles. The Morgan fingerprint density at radius 1 is 1.03 bits per heavy atom. The first-order valence-electron chi connectivity index (χ1n) is 11.0. The van der Waals surface area contributed by atoms with Gasteiger partial charge in [0.2, 0.25) is 5.78 Å². The number of primary amides is 1. The summed E-state index contributed by atoms with van der Waals surface area (Å²) in [5.74, 6) is -5.65. The van der Waals surface area contributed by atoms with Crippen LogP contribution in [0, 0.1) is 11.8 Å². The summed E-state index contributed by atoms with van der Waals surface area (Å²) in [6, 6.07) is 3.39. The van der Waals surface area contributed by atoms with Crippen molar-refractivity contribution in [3.63, 3.8) is 0 Å². The van der Waals surface area contributed by atoms with Crippen LogP contribution in [0.4, 0.5) is 0 Å². The Balaban J connectivity index is 1.68. The average Bonchev–Trinajstić information content (AvgIpc) is 3.25. The molecular formula is C24H25NO7. The number of benzene rings is 1. The van der Waals surface area contributed by atoms with Crippen LogP contribution in [0.3, 0.4) is 0 Å². The van der Waals surface area contributed by atoms with Gasteiger partial charge in [-0.15, -0.1) is 0 Å². The van der Waals surface area contributed by atoms with Crippen molar-refractivity contribution in [2.45, 2.75) is 56.5 Å². The number of aliphatic hydroxyl groups excluding tert-OH is 2. The summed E-state index contributed by atoms with van der Waals surface area (Å²) >= 11 is 0. The molecule has 32 heavy (non-hydrogen) atoms. The Hall–Kier alpha value is -3.13. The third-order valence-corrected chi connectivity index (χ3v) is 7.78. The van der Waals surface area contributed by atoms with Gasteiger partial charge in [0.25, 0.3) is 5.91 Å². The van der Waals surface area contributed by atoms with Crippen LogP contribution in [0.2, 0.25) is 0 Å². The molecule has 4 aliphatic rings. The summed E-state index contributed by atoms with van der Waals surface area (Å²) in [6.07, 6.45) is 4.47. The highest BCUT2D eigenvalue weighted by molar-refractivity contribution is 6.22. The topological polar surface area (TPSA) is 158 Å². The molecular weight excluding hydrogens is 414 g/mol. The number of carbonyl (C=O) groups excluding carboxylic acids is 3. The van der Waals surface area contributed by atoms with Gasteiger partial charge in [-0.2, -0.15) is 0 Å². The summed E-state index contributed by atoms with van der Waals surface area (Å²) in [6.45, 7) is 0. The van der Waals surface area contributed by atoms with Gasteiger partial charge in [0.05, 0.1) is 5.56 Å². The van der Waals surface area contributed by atoms with E-state index in [1.54, 1.807) is 0 Å². The molecule has 0 saturated heterocycles. The molecule has 8 heteroatoms. The molecule has 1 aromatic rings. The van der Waals surface area contributed by atoms with Crippen molar-refractivity contribution in [2.75, 3.05) is 0 Å². The molecule has 5 rings (SSSR count). The summed E-state index contributed by atoms with van der Waals surface area (Å²) in [7, 11) is 0. The van der Waals surface area contributed by atoms with Crippen LogP contribution in [-0.4, -0.2) is 43.5 Å². The summed E-state index contributed by atoms with van der Waals surface area (Å²) < 4.78 is 0. The Labute approximate surface area is 184 Å². The molecule has 4 aliphatic carbocycles. The lowest BCUT2D eigenvalue weighted by Crippen LogP contribution is -2.58. The maximum Gasteiger partial charge on any atom is 0.255 e. The van der Waals surface area contributed by atoms with Crippen LogP contribution in [0.1, 0.15) is 61.1 Å². The smallest absolute Gasteiger partial charge is 0.255 e. The number of ketones is 2. The van der Waals surface area contributed by atoms with Crippen molar-refractivity contribution < 1.29 is 34.8 Å². The van der Waals surface area contributed by atoms with E-state index in [-0.39, 0.29) is 29.7 Å². The minimum atomic E-state index is -2.52. The van der Waals surface area contributed by atoms with E-state index < -0.39 is 52.0 Å². The van der Waals surface area contributed by atoms with Gasteiger partial charge < -0.3 is 26.2 Å². The number of phenols is 1. The quantitative estimate of drug-likeness (QED) is 0.441. The fourth-order valence-electron chi connectivity index (χ4n) is 6.26. The zero-order valence-electron chi connectivity index (χ0n) is 17.4. The van der Waals surface area contributed by atoms with Crippen molar-refractivity contribution in [3.8, 4) is 5.75 Å². The van der Waals surface area contributed by atoms with Crippen molar-refractivity contribution in [1.29, 1.82) is 0 Å². The molecule has 0 bridgehead atoms. The third kappa shape index (κ3) is 2.62. The molecule has 168 valence electrons. The maximum atomic E-state index is 13.5. The zero-order chi connectivity index (χ0) is 22.9. The van der Waals surface area contributed by atoms with E-state index in [2.05, 4.69) is 0 Å². The van der Waals surface area contributed by atoms with Gasteiger partial charge in [0.1, 0.15) is 22.8 Å². The van der Waals surface area contributed by atoms with E-state index in [1.807, 2.05) is 6.07 Å². The van der Waals surface area contributed by atoms with Crippen LogP contribution < -0.4 is 5.73 Å². The number of amides is 1. The maximum absolute atomic E-state index is 13.5. The van der Waals surface area contributed by atoms with Gasteiger partial charge >= 0.3 is 0 Å². The number of hydrogen-bond acceptors (Lipinski definition) is 7. The van der Waals surface area contributed by atoms with E-state index in [0.717, 1.165) is 36.8 Å². The number of phenolic OH excluding ortho intramolecular Hbond substituents is 1. The van der Waals surface area contributed by atoms with Crippen LogP contribution in [0.15, 0.2) is 29.0 Å². The van der Waals surface area contributed by atoms with Gasteiger partial charge in [0, 0.05) is 17.9 Å². The Morgan fingerprint density at radius 3 is 2.38 bits per heavy atom. The lowest BCUT2D eigenvalue weighted by atomic mass is 9.59. The second-order valence-corrected chi connectivity index (χ2v) is 9.42. The molecule has 3 unspecified atom stereocenters. The van der Waals surface area contributed by atoms with E-state index in [0.29, 0.717) is 12.3 Å². The largest absolute Gasteiger partial charge is 0.508 e. The van der Waals surface area contributed by atoms with Gasteiger partial charge in [-0.3, -0.25) is 14.4 Å². The summed E-state index contributed by atoms with van der Waals surface area (Å²) in [4.78, 5) is 37.6. The molecule has 8 nitrogen and oxygen atoms in total. The molecule has 1 amide bonds. The standard InChI is InChI=1S/C24H25NO7/c25-23(31)19-16(27)9-12-7-11-8-14-13(10-3-1-2-4-10)5-6-15(26)18(14)20(28)17(11)21(29)24(12,32)22(19)30/h5-6,10-12,26,28,30,32H,1-4,7-9H2,(H2,25,31). The second kappa shape index (κ2) is 6.93. The van der Waals surface area contributed by atoms with Gasteiger partial charge in [-0.1, -0.05) is 18.9 Å². The molecule has 0 aliphatic heterocycles. The molecule has 0 radical (unpaired) electrons. The molecule has 0 spiro atoms. The van der Waals surface area contributed by atoms with Gasteiger partial charge in [-0.05, 0) is 54.7 Å². The molecule has 0 aromatic heterocycles. The van der Waals surface area contributed by atoms with E-state index in [9.17, 15) is 34.8 Å². The van der Waals surface area contributed by atoms with Crippen LogP contribution in [0.25, 0.3) is 5.76 Å². The molecule has 2 fully saturated rings. The van der Waals surface area contributed by atoms with Gasteiger partial charge in [0.15, 0.2) is 11.4 Å². The Bertz CT molecular complexity index is 1140. The third-order valence-electron chi connectivity index (χ3n) is 7.78. The lowest BCUT2D eigenvalue weighted by Gasteiger charge is -2.46. The second-order valence-electron chi connectivity index (χ2n) is 9.42. The normalized spacial score (nSPS) is 30.3.